The van der Waals surface area contributed by atoms with Crippen LogP contribution in [0.25, 0.3) is 0 Å². The van der Waals surface area contributed by atoms with Gasteiger partial charge in [-0.15, -0.1) is 0 Å². The Kier molecular flexibility index (Phi) is 4.77. The summed E-state index contributed by atoms with van der Waals surface area (Å²) >= 11 is 0. The topological polar surface area (TPSA) is 54.0 Å². The summed E-state index contributed by atoms with van der Waals surface area (Å²) in [5.74, 6) is 1.25. The molecule has 0 radical (unpaired) electrons. The fourth-order valence-corrected chi connectivity index (χ4v) is 2.92. The molecule has 1 aromatic heterocycles. The number of amides is 1. The molecule has 1 saturated carbocycles. The summed E-state index contributed by atoms with van der Waals surface area (Å²) in [5, 5.41) is 6.16. The molecule has 1 heterocycles. The molecule has 2 rings (SSSR count). The van der Waals surface area contributed by atoms with Crippen molar-refractivity contribution in [3.63, 3.8) is 0 Å². The molecule has 1 aliphatic carbocycles. The van der Waals surface area contributed by atoms with Gasteiger partial charge in [-0.2, -0.15) is 0 Å². The van der Waals surface area contributed by atoms with Gasteiger partial charge in [0, 0.05) is 19.3 Å². The van der Waals surface area contributed by atoms with E-state index in [4.69, 9.17) is 0 Å². The number of rotatable bonds is 4. The highest BCUT2D eigenvalue weighted by atomic mass is 16.1. The minimum atomic E-state index is -0.0113. The first-order chi connectivity index (χ1) is 9.26. The molecule has 0 aromatic carbocycles. The minimum absolute atomic E-state index is 0.0113. The number of anilines is 1. The molecule has 104 valence electrons. The first kappa shape index (κ1) is 13.8. The smallest absolute Gasteiger partial charge is 0.255 e. The Labute approximate surface area is 115 Å². The van der Waals surface area contributed by atoms with Crippen LogP contribution in [0.3, 0.4) is 0 Å². The molecule has 2 N–H and O–H groups in total. The van der Waals surface area contributed by atoms with Crippen LogP contribution in [0.2, 0.25) is 0 Å². The highest BCUT2D eigenvalue weighted by Crippen LogP contribution is 2.27. The lowest BCUT2D eigenvalue weighted by molar-refractivity contribution is 0.0905. The molecule has 0 saturated heterocycles. The van der Waals surface area contributed by atoms with Gasteiger partial charge in [0.25, 0.3) is 5.91 Å². The molecule has 1 amide bonds. The van der Waals surface area contributed by atoms with Gasteiger partial charge in [0.15, 0.2) is 0 Å². The quantitative estimate of drug-likeness (QED) is 0.876. The predicted molar refractivity (Wildman–Crippen MR) is 77.3 cm³/mol. The maximum absolute atomic E-state index is 12.4. The summed E-state index contributed by atoms with van der Waals surface area (Å²) in [6.45, 7) is 2.21. The maximum atomic E-state index is 12.4. The lowest BCUT2D eigenvalue weighted by Crippen LogP contribution is -2.42. The number of hydrogen-bond donors (Lipinski definition) is 2. The molecule has 2 atom stereocenters. The summed E-state index contributed by atoms with van der Waals surface area (Å²) in [4.78, 5) is 16.5. The average Bonchev–Trinajstić information content (AvgIpc) is 2.47. The van der Waals surface area contributed by atoms with Gasteiger partial charge < -0.3 is 10.6 Å². The largest absolute Gasteiger partial charge is 0.372 e. The van der Waals surface area contributed by atoms with Crippen LogP contribution in [0.15, 0.2) is 18.3 Å². The number of pyridine rings is 1. The number of nitrogens with zero attached hydrogens (tertiary/aromatic N) is 1. The number of aromatic nitrogens is 1. The number of carbonyl (C=O) groups is 1. The average molecular weight is 261 g/mol. The molecule has 2 unspecified atom stereocenters. The maximum Gasteiger partial charge on any atom is 0.255 e. The monoisotopic (exact) mass is 261 g/mol. The van der Waals surface area contributed by atoms with E-state index >= 15 is 0 Å². The highest BCUT2D eigenvalue weighted by molar-refractivity contribution is 5.98. The van der Waals surface area contributed by atoms with Crippen LogP contribution in [0.4, 0.5) is 5.82 Å². The fraction of sp³-hybridized carbons (Fsp3) is 0.600. The van der Waals surface area contributed by atoms with Crippen molar-refractivity contribution in [1.82, 2.24) is 10.3 Å². The van der Waals surface area contributed by atoms with Crippen LogP contribution < -0.4 is 10.6 Å². The van der Waals surface area contributed by atoms with E-state index in [0.29, 0.717) is 23.3 Å². The van der Waals surface area contributed by atoms with Gasteiger partial charge in [0.05, 0.1) is 5.56 Å². The Morgan fingerprint density at radius 2 is 2.21 bits per heavy atom. The van der Waals surface area contributed by atoms with Gasteiger partial charge in [0.2, 0.25) is 0 Å². The molecule has 0 bridgehead atoms. The van der Waals surface area contributed by atoms with Gasteiger partial charge in [-0.25, -0.2) is 4.98 Å². The van der Waals surface area contributed by atoms with Crippen molar-refractivity contribution in [3.05, 3.63) is 23.9 Å². The minimum Gasteiger partial charge on any atom is -0.372 e. The standard InChI is InChI=1S/C15H23N3O/c1-3-11-7-4-5-9-13(11)18-15(19)12-8-6-10-17-14(12)16-2/h6,8,10-11,13H,3-5,7,9H2,1-2H3,(H,16,17)(H,18,19). The van der Waals surface area contributed by atoms with Crippen molar-refractivity contribution in [2.24, 2.45) is 5.92 Å². The van der Waals surface area contributed by atoms with Crippen molar-refractivity contribution in [2.75, 3.05) is 12.4 Å². The van der Waals surface area contributed by atoms with Crippen molar-refractivity contribution in [2.45, 2.75) is 45.1 Å². The van der Waals surface area contributed by atoms with Crippen LogP contribution >= 0.6 is 0 Å². The van der Waals surface area contributed by atoms with Gasteiger partial charge in [-0.1, -0.05) is 26.2 Å². The zero-order valence-electron chi connectivity index (χ0n) is 11.8. The Bertz CT molecular complexity index is 433. The van der Waals surface area contributed by atoms with Gasteiger partial charge in [0.1, 0.15) is 5.82 Å². The summed E-state index contributed by atoms with van der Waals surface area (Å²) in [7, 11) is 1.79. The molecule has 0 aliphatic heterocycles. The lowest BCUT2D eigenvalue weighted by Gasteiger charge is -2.31. The fourth-order valence-electron chi connectivity index (χ4n) is 2.92. The molecule has 1 aromatic rings. The third-order valence-electron chi connectivity index (χ3n) is 4.04. The number of carbonyl (C=O) groups excluding carboxylic acids is 1. The second-order valence-corrected chi connectivity index (χ2v) is 5.18. The Morgan fingerprint density at radius 3 is 2.95 bits per heavy atom. The van der Waals surface area contributed by atoms with Crippen molar-refractivity contribution in [1.29, 1.82) is 0 Å². The molecular weight excluding hydrogens is 238 g/mol. The van der Waals surface area contributed by atoms with E-state index in [1.807, 2.05) is 6.07 Å². The molecule has 1 aliphatic rings. The summed E-state index contributed by atoms with van der Waals surface area (Å²) in [5.41, 5.74) is 0.630. The van der Waals surface area contributed by atoms with E-state index in [9.17, 15) is 4.79 Å². The Morgan fingerprint density at radius 1 is 1.42 bits per heavy atom. The van der Waals surface area contributed by atoms with Crippen LogP contribution in [-0.4, -0.2) is 24.0 Å². The highest BCUT2D eigenvalue weighted by Gasteiger charge is 2.26. The number of hydrogen-bond acceptors (Lipinski definition) is 3. The predicted octanol–water partition coefficient (Wildman–Crippen LogP) is 2.82. The zero-order valence-corrected chi connectivity index (χ0v) is 11.8. The van der Waals surface area contributed by atoms with Crippen LogP contribution in [0.1, 0.15) is 49.4 Å². The second-order valence-electron chi connectivity index (χ2n) is 5.18. The molecule has 19 heavy (non-hydrogen) atoms. The van der Waals surface area contributed by atoms with Crippen molar-refractivity contribution >= 4 is 11.7 Å². The van der Waals surface area contributed by atoms with Crippen molar-refractivity contribution in [3.8, 4) is 0 Å². The van der Waals surface area contributed by atoms with Crippen LogP contribution in [-0.2, 0) is 0 Å². The first-order valence-corrected chi connectivity index (χ1v) is 7.20. The molecule has 4 heteroatoms. The van der Waals surface area contributed by atoms with Gasteiger partial charge in [-0.3, -0.25) is 4.79 Å². The number of nitrogens with one attached hydrogen (secondary N) is 2. The summed E-state index contributed by atoms with van der Waals surface area (Å²) < 4.78 is 0. The van der Waals surface area contributed by atoms with Crippen molar-refractivity contribution < 1.29 is 4.79 Å². The van der Waals surface area contributed by atoms with Gasteiger partial charge in [-0.05, 0) is 30.9 Å². The first-order valence-electron chi connectivity index (χ1n) is 7.20. The van der Waals surface area contributed by atoms with E-state index in [2.05, 4.69) is 22.5 Å². The lowest BCUT2D eigenvalue weighted by atomic mass is 9.83. The van der Waals surface area contributed by atoms with Crippen LogP contribution in [0.5, 0.6) is 0 Å². The van der Waals surface area contributed by atoms with E-state index < -0.39 is 0 Å². The summed E-state index contributed by atoms with van der Waals surface area (Å²) in [6, 6.07) is 3.93. The zero-order chi connectivity index (χ0) is 13.7. The van der Waals surface area contributed by atoms with E-state index in [-0.39, 0.29) is 5.91 Å². The summed E-state index contributed by atoms with van der Waals surface area (Å²) in [6.07, 6.45) is 7.66. The molecule has 0 spiro atoms. The van der Waals surface area contributed by atoms with E-state index in [1.54, 1.807) is 19.3 Å². The van der Waals surface area contributed by atoms with E-state index in [1.165, 1.54) is 19.3 Å². The third-order valence-corrected chi connectivity index (χ3v) is 4.04. The third kappa shape index (κ3) is 3.25. The normalized spacial score (nSPS) is 22.8. The van der Waals surface area contributed by atoms with Crippen LogP contribution in [0, 0.1) is 5.92 Å². The Hall–Kier alpha value is -1.58. The molecule has 4 nitrogen and oxygen atoms in total. The second kappa shape index (κ2) is 6.55. The van der Waals surface area contributed by atoms with Gasteiger partial charge >= 0.3 is 0 Å². The van der Waals surface area contributed by atoms with E-state index in [0.717, 1.165) is 12.8 Å². The Balaban J connectivity index is 2.07. The molecular formula is C15H23N3O. The molecule has 1 fully saturated rings. The SMILES string of the molecule is CCC1CCCCC1NC(=O)c1cccnc1NC.